The average molecular weight is 243 g/mol. The Morgan fingerprint density at radius 3 is 2.72 bits per heavy atom. The summed E-state index contributed by atoms with van der Waals surface area (Å²) in [6, 6.07) is 7.71. The molecule has 0 aliphatic carbocycles. The second-order valence-electron chi connectivity index (χ2n) is 4.79. The molecule has 0 amide bonds. The molecule has 5 heteroatoms. The van der Waals surface area contributed by atoms with E-state index in [1.165, 1.54) is 0 Å². The van der Waals surface area contributed by atoms with E-state index in [-0.39, 0.29) is 0 Å². The lowest BCUT2D eigenvalue weighted by Crippen LogP contribution is -2.28. The zero-order chi connectivity index (χ0) is 12.8. The minimum absolute atomic E-state index is 0.405. The second kappa shape index (κ2) is 3.68. The van der Waals surface area contributed by atoms with Gasteiger partial charge >= 0.3 is 0 Å². The van der Waals surface area contributed by atoms with E-state index in [9.17, 15) is 0 Å². The molecule has 3 aromatic rings. The molecule has 1 aromatic carbocycles. The fourth-order valence-corrected chi connectivity index (χ4v) is 1.75. The molecule has 0 radical (unpaired) electrons. The van der Waals surface area contributed by atoms with Crippen molar-refractivity contribution in [2.45, 2.75) is 19.4 Å². The van der Waals surface area contributed by atoms with E-state index in [0.29, 0.717) is 11.7 Å². The Balaban J connectivity index is 2.13. The van der Waals surface area contributed by atoms with Crippen LogP contribution in [0.1, 0.15) is 19.7 Å². The second-order valence-corrected chi connectivity index (χ2v) is 4.79. The van der Waals surface area contributed by atoms with Gasteiger partial charge in [0.2, 0.25) is 11.7 Å². The van der Waals surface area contributed by atoms with Gasteiger partial charge in [-0.1, -0.05) is 23.4 Å². The zero-order valence-corrected chi connectivity index (χ0v) is 10.2. The van der Waals surface area contributed by atoms with Crippen molar-refractivity contribution in [2.75, 3.05) is 0 Å². The van der Waals surface area contributed by atoms with Crippen molar-refractivity contribution in [1.82, 2.24) is 10.1 Å². The van der Waals surface area contributed by atoms with E-state index in [0.717, 1.165) is 16.5 Å². The number of hydrogen-bond donors (Lipinski definition) is 1. The van der Waals surface area contributed by atoms with E-state index < -0.39 is 5.54 Å². The van der Waals surface area contributed by atoms with E-state index >= 15 is 0 Å². The van der Waals surface area contributed by atoms with Gasteiger partial charge < -0.3 is 14.7 Å². The van der Waals surface area contributed by atoms with Gasteiger partial charge in [0.25, 0.3) is 0 Å². The van der Waals surface area contributed by atoms with Crippen LogP contribution in [0.25, 0.3) is 22.4 Å². The van der Waals surface area contributed by atoms with E-state index in [2.05, 4.69) is 10.1 Å². The van der Waals surface area contributed by atoms with Crippen LogP contribution in [0.4, 0.5) is 0 Å². The molecule has 0 unspecified atom stereocenters. The first-order valence-corrected chi connectivity index (χ1v) is 5.65. The van der Waals surface area contributed by atoms with Crippen molar-refractivity contribution < 1.29 is 8.94 Å². The molecular weight excluding hydrogens is 230 g/mol. The third-order valence-electron chi connectivity index (χ3n) is 2.70. The summed E-state index contributed by atoms with van der Waals surface area (Å²) in [5, 5.41) is 4.91. The van der Waals surface area contributed by atoms with Crippen LogP contribution < -0.4 is 5.73 Å². The van der Waals surface area contributed by atoms with E-state index in [4.69, 9.17) is 14.7 Å². The van der Waals surface area contributed by atoms with Crippen LogP contribution in [0.2, 0.25) is 0 Å². The van der Waals surface area contributed by atoms with Gasteiger partial charge in [0.05, 0.1) is 11.1 Å². The Labute approximate surface area is 104 Å². The maximum Gasteiger partial charge on any atom is 0.246 e. The molecule has 18 heavy (non-hydrogen) atoms. The highest BCUT2D eigenvalue weighted by atomic mass is 16.5. The maximum absolute atomic E-state index is 5.92. The molecule has 0 spiro atoms. The number of furan rings is 1. The number of hydrogen-bond acceptors (Lipinski definition) is 5. The Bertz CT molecular complexity index is 691. The summed E-state index contributed by atoms with van der Waals surface area (Å²) >= 11 is 0. The molecule has 5 nitrogen and oxygen atoms in total. The normalized spacial score (nSPS) is 12.2. The summed E-state index contributed by atoms with van der Waals surface area (Å²) in [7, 11) is 0. The molecule has 0 aliphatic rings. The summed E-state index contributed by atoms with van der Waals surface area (Å²) in [4.78, 5) is 4.31. The third-order valence-corrected chi connectivity index (χ3v) is 2.70. The van der Waals surface area contributed by atoms with Gasteiger partial charge in [-0.05, 0) is 19.9 Å². The minimum Gasteiger partial charge on any atom is -0.464 e. The Hall–Kier alpha value is -2.14. The van der Waals surface area contributed by atoms with Crippen molar-refractivity contribution in [1.29, 1.82) is 0 Å². The molecule has 0 aliphatic heterocycles. The van der Waals surface area contributed by atoms with Gasteiger partial charge in [-0.2, -0.15) is 4.98 Å². The monoisotopic (exact) mass is 243 g/mol. The quantitative estimate of drug-likeness (QED) is 0.748. The van der Waals surface area contributed by atoms with Crippen LogP contribution in [0, 0.1) is 0 Å². The van der Waals surface area contributed by atoms with Crippen molar-refractivity contribution in [3.05, 3.63) is 36.4 Å². The zero-order valence-electron chi connectivity index (χ0n) is 10.2. The highest BCUT2D eigenvalue weighted by molar-refractivity contribution is 5.91. The van der Waals surface area contributed by atoms with E-state index in [1.54, 1.807) is 6.26 Å². The van der Waals surface area contributed by atoms with Crippen molar-refractivity contribution in [3.63, 3.8) is 0 Å². The van der Waals surface area contributed by atoms with Crippen LogP contribution in [0.15, 0.2) is 39.5 Å². The predicted octanol–water partition coefficient (Wildman–Crippen LogP) is 2.68. The van der Waals surface area contributed by atoms with Crippen LogP contribution >= 0.6 is 0 Å². The Morgan fingerprint density at radius 1 is 1.22 bits per heavy atom. The van der Waals surface area contributed by atoms with Crippen LogP contribution in [-0.4, -0.2) is 10.1 Å². The van der Waals surface area contributed by atoms with Gasteiger partial charge in [-0.3, -0.25) is 0 Å². The highest BCUT2D eigenvalue weighted by Gasteiger charge is 2.23. The van der Waals surface area contributed by atoms with Crippen molar-refractivity contribution in [2.24, 2.45) is 5.73 Å². The standard InChI is InChI=1S/C13H13N3O2/c1-13(2,14)12-15-11(16-18-12)9-7-17-10-6-4-3-5-8(9)10/h3-7H,14H2,1-2H3. The fourth-order valence-electron chi connectivity index (χ4n) is 1.75. The summed E-state index contributed by atoms with van der Waals surface area (Å²) in [6.07, 6.45) is 1.63. The van der Waals surface area contributed by atoms with Crippen LogP contribution in [0.3, 0.4) is 0 Å². The number of rotatable bonds is 2. The number of nitrogens with two attached hydrogens (primary N) is 1. The maximum atomic E-state index is 5.92. The Kier molecular flexibility index (Phi) is 2.24. The summed E-state index contributed by atoms with van der Waals surface area (Å²) in [6.45, 7) is 3.63. The summed E-state index contributed by atoms with van der Waals surface area (Å²) < 4.78 is 10.6. The predicted molar refractivity (Wildman–Crippen MR) is 66.7 cm³/mol. The molecule has 2 N–H and O–H groups in total. The number of aromatic nitrogens is 2. The lowest BCUT2D eigenvalue weighted by Gasteiger charge is -2.10. The summed E-state index contributed by atoms with van der Waals surface area (Å²) in [5.41, 5.74) is 6.88. The van der Waals surface area contributed by atoms with Gasteiger partial charge in [-0.15, -0.1) is 0 Å². The van der Waals surface area contributed by atoms with Gasteiger partial charge in [0.15, 0.2) is 0 Å². The van der Waals surface area contributed by atoms with Crippen LogP contribution in [0.5, 0.6) is 0 Å². The molecule has 0 bridgehead atoms. The lowest BCUT2D eigenvalue weighted by molar-refractivity contribution is 0.312. The smallest absolute Gasteiger partial charge is 0.246 e. The molecule has 0 fully saturated rings. The topological polar surface area (TPSA) is 78.1 Å². The number of fused-ring (bicyclic) bond motifs is 1. The molecule has 92 valence electrons. The van der Waals surface area contributed by atoms with Gasteiger partial charge in [0, 0.05) is 5.39 Å². The molecule has 0 atom stereocenters. The lowest BCUT2D eigenvalue weighted by atomic mass is 10.1. The third kappa shape index (κ3) is 1.69. The minimum atomic E-state index is -0.648. The van der Waals surface area contributed by atoms with Crippen molar-refractivity contribution in [3.8, 4) is 11.4 Å². The van der Waals surface area contributed by atoms with Gasteiger partial charge in [0.1, 0.15) is 11.8 Å². The van der Waals surface area contributed by atoms with E-state index in [1.807, 2.05) is 38.1 Å². The molecule has 2 heterocycles. The van der Waals surface area contributed by atoms with Gasteiger partial charge in [-0.25, -0.2) is 0 Å². The summed E-state index contributed by atoms with van der Waals surface area (Å²) in [5.74, 6) is 0.899. The first kappa shape index (κ1) is 11.0. The largest absolute Gasteiger partial charge is 0.464 e. The molecule has 0 saturated heterocycles. The molecule has 3 rings (SSSR count). The number of nitrogens with zero attached hydrogens (tertiary/aromatic N) is 2. The molecular formula is C13H13N3O2. The highest BCUT2D eigenvalue weighted by Crippen LogP contribution is 2.29. The molecule has 0 saturated carbocycles. The number of benzene rings is 1. The van der Waals surface area contributed by atoms with Crippen molar-refractivity contribution >= 4 is 11.0 Å². The fraction of sp³-hybridized carbons (Fsp3) is 0.231. The average Bonchev–Trinajstić information content (AvgIpc) is 2.94. The number of para-hydroxylation sites is 1. The Morgan fingerprint density at radius 2 is 2.00 bits per heavy atom. The van der Waals surface area contributed by atoms with Crippen LogP contribution in [-0.2, 0) is 5.54 Å². The SMILES string of the molecule is CC(C)(N)c1nc(-c2coc3ccccc23)no1. The first-order valence-electron chi connectivity index (χ1n) is 5.65. The first-order chi connectivity index (χ1) is 8.55. The molecule has 2 aromatic heterocycles.